The Morgan fingerprint density at radius 3 is 1.75 bits per heavy atom. The van der Waals surface area contributed by atoms with Gasteiger partial charge in [-0.2, -0.15) is 0 Å². The minimum atomic E-state index is 0.593. The first kappa shape index (κ1) is 16.2. The van der Waals surface area contributed by atoms with Gasteiger partial charge in [0, 0.05) is 5.75 Å². The third kappa shape index (κ3) is 14.2. The van der Waals surface area contributed by atoms with Crippen LogP contribution < -0.4 is 5.73 Å². The topological polar surface area (TPSA) is 26.0 Å². The molecule has 3 heteroatoms. The van der Waals surface area contributed by atoms with Crippen LogP contribution in [-0.4, -0.2) is 10.1 Å². The summed E-state index contributed by atoms with van der Waals surface area (Å²) in [5.74, 6) is 1.10. The minimum Gasteiger partial charge on any atom is -0.385 e. The number of nitrogens with two attached hydrogens (primary N) is 1. The Morgan fingerprint density at radius 1 is 0.875 bits per heavy atom. The Morgan fingerprint density at radius 2 is 1.31 bits per heavy atom. The van der Waals surface area contributed by atoms with Crippen molar-refractivity contribution in [2.24, 2.45) is 5.73 Å². The van der Waals surface area contributed by atoms with Crippen LogP contribution in [0.3, 0.4) is 0 Å². The van der Waals surface area contributed by atoms with Crippen molar-refractivity contribution in [3.8, 4) is 0 Å². The maximum absolute atomic E-state index is 5.41. The predicted octanol–water partition coefficient (Wildman–Crippen LogP) is 4.88. The van der Waals surface area contributed by atoms with Gasteiger partial charge in [-0.3, -0.25) is 0 Å². The van der Waals surface area contributed by atoms with Crippen LogP contribution in [0.15, 0.2) is 0 Å². The molecule has 0 unspecified atom stereocenters. The molecule has 0 aliphatic carbocycles. The Bertz CT molecular complexity index is 160. The van der Waals surface area contributed by atoms with E-state index in [-0.39, 0.29) is 0 Å². The fourth-order valence-corrected chi connectivity index (χ4v) is 2.56. The van der Waals surface area contributed by atoms with Gasteiger partial charge in [0.05, 0.1) is 0 Å². The zero-order valence-electron chi connectivity index (χ0n) is 10.7. The van der Waals surface area contributed by atoms with Crippen LogP contribution in [-0.2, 0) is 0 Å². The van der Waals surface area contributed by atoms with Crippen LogP contribution in [0.25, 0.3) is 0 Å². The van der Waals surface area contributed by atoms with Gasteiger partial charge in [0.25, 0.3) is 0 Å². The van der Waals surface area contributed by atoms with Crippen molar-refractivity contribution in [2.75, 3.05) is 5.75 Å². The summed E-state index contributed by atoms with van der Waals surface area (Å²) < 4.78 is 0.593. The highest BCUT2D eigenvalue weighted by atomic mass is 32.2. The standard InChI is InChI=1S/C13H27NS2/c1-2-3-4-5-6-7-8-9-10-11-12-16-13(14)15/h2-12H2,1H3,(H2,14,15). The normalized spacial score (nSPS) is 10.6. The van der Waals surface area contributed by atoms with Crippen LogP contribution >= 0.6 is 24.0 Å². The first-order valence-electron chi connectivity index (χ1n) is 6.69. The van der Waals surface area contributed by atoms with Crippen molar-refractivity contribution in [3.63, 3.8) is 0 Å². The van der Waals surface area contributed by atoms with Gasteiger partial charge in [-0.25, -0.2) is 0 Å². The van der Waals surface area contributed by atoms with E-state index in [9.17, 15) is 0 Å². The molecule has 0 saturated carbocycles. The molecule has 0 aliphatic heterocycles. The number of thiocarbonyl (C=S) groups is 1. The van der Waals surface area contributed by atoms with E-state index < -0.39 is 0 Å². The zero-order chi connectivity index (χ0) is 12.1. The van der Waals surface area contributed by atoms with Crippen molar-refractivity contribution in [1.29, 1.82) is 0 Å². The molecule has 0 fully saturated rings. The third-order valence-electron chi connectivity index (χ3n) is 2.74. The van der Waals surface area contributed by atoms with Crippen molar-refractivity contribution < 1.29 is 0 Å². The van der Waals surface area contributed by atoms with Crippen LogP contribution in [0.5, 0.6) is 0 Å². The SMILES string of the molecule is CCCCCCCCCCCCSC(N)=S. The largest absolute Gasteiger partial charge is 0.385 e. The third-order valence-corrected chi connectivity index (χ3v) is 3.87. The second-order valence-electron chi connectivity index (χ2n) is 4.35. The van der Waals surface area contributed by atoms with E-state index in [2.05, 4.69) is 6.92 Å². The van der Waals surface area contributed by atoms with E-state index in [1.165, 1.54) is 64.2 Å². The molecule has 16 heavy (non-hydrogen) atoms. The Labute approximate surface area is 111 Å². The fraction of sp³-hybridized carbons (Fsp3) is 0.923. The smallest absolute Gasteiger partial charge is 0.131 e. The fourth-order valence-electron chi connectivity index (χ4n) is 1.76. The Hall–Kier alpha value is 0.240. The molecule has 0 amide bonds. The summed E-state index contributed by atoms with van der Waals surface area (Å²) in [5, 5.41) is 0. The molecule has 0 aromatic rings. The lowest BCUT2D eigenvalue weighted by molar-refractivity contribution is 0.563. The van der Waals surface area contributed by atoms with Gasteiger partial charge in [0.15, 0.2) is 0 Å². The lowest BCUT2D eigenvalue weighted by Crippen LogP contribution is -2.02. The average Bonchev–Trinajstić information content (AvgIpc) is 2.25. The van der Waals surface area contributed by atoms with Crippen molar-refractivity contribution in [2.45, 2.75) is 71.1 Å². The molecule has 1 nitrogen and oxygen atoms in total. The molecule has 0 atom stereocenters. The highest BCUT2D eigenvalue weighted by Gasteiger charge is 1.94. The van der Waals surface area contributed by atoms with Crippen LogP contribution in [0.4, 0.5) is 0 Å². The molecule has 0 heterocycles. The molecule has 96 valence electrons. The highest BCUT2D eigenvalue weighted by molar-refractivity contribution is 8.22. The summed E-state index contributed by atoms with van der Waals surface area (Å²) in [6, 6.07) is 0. The Kier molecular flexibility index (Phi) is 13.5. The van der Waals surface area contributed by atoms with Gasteiger partial charge in [-0.1, -0.05) is 88.7 Å². The summed E-state index contributed by atoms with van der Waals surface area (Å²) in [4.78, 5) is 0. The summed E-state index contributed by atoms with van der Waals surface area (Å²) in [6.07, 6.45) is 13.9. The number of rotatable bonds is 11. The number of hydrogen-bond acceptors (Lipinski definition) is 2. The quantitative estimate of drug-likeness (QED) is 0.424. The summed E-state index contributed by atoms with van der Waals surface area (Å²) >= 11 is 6.42. The van der Waals surface area contributed by atoms with Crippen molar-refractivity contribution >= 4 is 28.3 Å². The number of thioether (sulfide) groups is 1. The monoisotopic (exact) mass is 261 g/mol. The summed E-state index contributed by atoms with van der Waals surface area (Å²) in [6.45, 7) is 2.27. The molecule has 0 rings (SSSR count). The molecular formula is C13H27NS2. The molecule has 0 saturated heterocycles. The maximum atomic E-state index is 5.41. The van der Waals surface area contributed by atoms with Crippen LogP contribution in [0.1, 0.15) is 71.1 Å². The maximum Gasteiger partial charge on any atom is 0.131 e. The van der Waals surface area contributed by atoms with Gasteiger partial charge in [-0.15, -0.1) is 0 Å². The van der Waals surface area contributed by atoms with E-state index in [1.807, 2.05) is 0 Å². The van der Waals surface area contributed by atoms with E-state index in [0.717, 1.165) is 5.75 Å². The lowest BCUT2D eigenvalue weighted by atomic mass is 10.1. The second-order valence-corrected chi connectivity index (χ2v) is 6.18. The van der Waals surface area contributed by atoms with Crippen LogP contribution in [0.2, 0.25) is 0 Å². The van der Waals surface area contributed by atoms with E-state index in [1.54, 1.807) is 11.8 Å². The molecule has 2 N–H and O–H groups in total. The first-order chi connectivity index (χ1) is 7.77. The molecule has 0 aliphatic rings. The molecule has 0 radical (unpaired) electrons. The Balaban J connectivity index is 2.90. The zero-order valence-corrected chi connectivity index (χ0v) is 12.3. The van der Waals surface area contributed by atoms with Crippen molar-refractivity contribution in [3.05, 3.63) is 0 Å². The van der Waals surface area contributed by atoms with Gasteiger partial charge in [0.1, 0.15) is 4.32 Å². The summed E-state index contributed by atoms with van der Waals surface area (Å²) in [5.41, 5.74) is 5.41. The molecule has 0 aromatic carbocycles. The molecule has 0 spiro atoms. The van der Waals surface area contributed by atoms with Gasteiger partial charge in [-0.05, 0) is 6.42 Å². The first-order valence-corrected chi connectivity index (χ1v) is 8.09. The number of hydrogen-bond donors (Lipinski definition) is 1. The molecular weight excluding hydrogens is 234 g/mol. The molecule has 0 aromatic heterocycles. The van der Waals surface area contributed by atoms with Crippen LogP contribution in [0, 0.1) is 0 Å². The van der Waals surface area contributed by atoms with E-state index in [0.29, 0.717) is 4.32 Å². The highest BCUT2D eigenvalue weighted by Crippen LogP contribution is 2.12. The predicted molar refractivity (Wildman–Crippen MR) is 81.1 cm³/mol. The van der Waals surface area contributed by atoms with Gasteiger partial charge < -0.3 is 5.73 Å². The van der Waals surface area contributed by atoms with E-state index in [4.69, 9.17) is 18.0 Å². The average molecular weight is 261 g/mol. The van der Waals surface area contributed by atoms with Crippen molar-refractivity contribution in [1.82, 2.24) is 0 Å². The van der Waals surface area contributed by atoms with Gasteiger partial charge >= 0.3 is 0 Å². The second kappa shape index (κ2) is 13.3. The lowest BCUT2D eigenvalue weighted by Gasteiger charge is -2.02. The molecule has 0 bridgehead atoms. The number of unbranched alkanes of at least 4 members (excludes halogenated alkanes) is 9. The van der Waals surface area contributed by atoms with Gasteiger partial charge in [0.2, 0.25) is 0 Å². The summed E-state index contributed by atoms with van der Waals surface area (Å²) in [7, 11) is 0. The van der Waals surface area contributed by atoms with E-state index >= 15 is 0 Å². The minimum absolute atomic E-state index is 0.593.